The number of fused-ring (bicyclic) bond motifs is 3. The third-order valence-corrected chi connectivity index (χ3v) is 7.74. The van der Waals surface area contributed by atoms with Crippen LogP contribution in [0.2, 0.25) is 5.02 Å². The molecule has 11 heteroatoms. The number of amides is 2. The predicted molar refractivity (Wildman–Crippen MR) is 129 cm³/mol. The molecule has 4 heterocycles. The number of hydrazine groups is 1. The summed E-state index contributed by atoms with van der Waals surface area (Å²) < 4.78 is 5.61. The molecule has 0 saturated carbocycles. The summed E-state index contributed by atoms with van der Waals surface area (Å²) >= 11 is 6.48. The summed E-state index contributed by atoms with van der Waals surface area (Å²) in [6.45, 7) is 4.07. The lowest BCUT2D eigenvalue weighted by atomic mass is 9.67. The Kier molecular flexibility index (Phi) is 4.96. The number of hydrogen-bond donors (Lipinski definition) is 0. The summed E-state index contributed by atoms with van der Waals surface area (Å²) in [4.78, 5) is 41.2. The van der Waals surface area contributed by atoms with Crippen LogP contribution in [0.5, 0.6) is 0 Å². The molecular formula is C25H22ClN5O5. The number of likely N-dealkylation sites (N-methyl/N-ethyl adjacent to an activating group) is 1. The van der Waals surface area contributed by atoms with Crippen LogP contribution in [0.15, 0.2) is 53.1 Å². The fourth-order valence-corrected chi connectivity index (χ4v) is 6.41. The van der Waals surface area contributed by atoms with Gasteiger partial charge in [0.05, 0.1) is 11.0 Å². The van der Waals surface area contributed by atoms with Gasteiger partial charge in [0.25, 0.3) is 0 Å². The maximum atomic E-state index is 14.6. The number of carbonyl (C=O) groups excluding carboxylic acids is 2. The standard InChI is InChI=1S/C25H22ClN5O5/c1-3-28-18-10-9-16(26)13-17(18)25(24(28)33)22(15-7-5-4-6-8-15)29-12-11-19(32)30(29)23(25)21-20(31(34)35)14(2)27-36-21/h4-10,13,22-23H,3,11-12H2,1-2H3. The molecule has 0 bridgehead atoms. The number of rotatable bonds is 4. The second-order valence-corrected chi connectivity index (χ2v) is 9.62. The lowest BCUT2D eigenvalue weighted by molar-refractivity contribution is -0.387. The Morgan fingerprint density at radius 1 is 1.19 bits per heavy atom. The summed E-state index contributed by atoms with van der Waals surface area (Å²) in [7, 11) is 0. The Balaban J connectivity index is 1.75. The third-order valence-electron chi connectivity index (χ3n) is 7.51. The summed E-state index contributed by atoms with van der Waals surface area (Å²) in [5, 5.41) is 19.8. The van der Waals surface area contributed by atoms with Gasteiger partial charge in [-0.05, 0) is 43.2 Å². The molecule has 36 heavy (non-hydrogen) atoms. The highest BCUT2D eigenvalue weighted by Gasteiger charge is 2.73. The van der Waals surface area contributed by atoms with Crippen LogP contribution in [-0.2, 0) is 15.0 Å². The minimum Gasteiger partial charge on any atom is -0.351 e. The number of nitrogens with zero attached hydrogens (tertiary/aromatic N) is 5. The first kappa shape index (κ1) is 22.7. The highest BCUT2D eigenvalue weighted by atomic mass is 35.5. The van der Waals surface area contributed by atoms with Crippen LogP contribution < -0.4 is 4.90 Å². The zero-order valence-electron chi connectivity index (χ0n) is 19.6. The first-order valence-electron chi connectivity index (χ1n) is 11.7. The molecule has 6 rings (SSSR count). The maximum Gasteiger partial charge on any atom is 0.336 e. The fourth-order valence-electron chi connectivity index (χ4n) is 6.24. The van der Waals surface area contributed by atoms with Crippen molar-refractivity contribution < 1.29 is 19.0 Å². The molecule has 2 amide bonds. The van der Waals surface area contributed by atoms with E-state index in [1.807, 2.05) is 42.3 Å². The molecule has 10 nitrogen and oxygen atoms in total. The molecule has 3 atom stereocenters. The first-order valence-corrected chi connectivity index (χ1v) is 12.1. The van der Waals surface area contributed by atoms with Crippen LogP contribution in [0.3, 0.4) is 0 Å². The van der Waals surface area contributed by atoms with E-state index in [0.29, 0.717) is 29.4 Å². The van der Waals surface area contributed by atoms with Gasteiger partial charge in [-0.3, -0.25) is 24.7 Å². The second-order valence-electron chi connectivity index (χ2n) is 9.18. The maximum absolute atomic E-state index is 14.6. The van der Waals surface area contributed by atoms with Crippen LogP contribution in [-0.4, -0.2) is 45.0 Å². The lowest BCUT2D eigenvalue weighted by Gasteiger charge is -2.34. The van der Waals surface area contributed by atoms with E-state index in [4.69, 9.17) is 16.1 Å². The normalized spacial score (nSPS) is 25.2. The summed E-state index contributed by atoms with van der Waals surface area (Å²) in [5.41, 5.74) is 0.355. The number of nitro groups is 1. The molecule has 0 aliphatic carbocycles. The zero-order valence-corrected chi connectivity index (χ0v) is 20.3. The van der Waals surface area contributed by atoms with Crippen LogP contribution in [0.25, 0.3) is 0 Å². The smallest absolute Gasteiger partial charge is 0.336 e. The Morgan fingerprint density at radius 2 is 1.94 bits per heavy atom. The average molecular weight is 508 g/mol. The van der Waals surface area contributed by atoms with Crippen molar-refractivity contribution in [2.24, 2.45) is 0 Å². The van der Waals surface area contributed by atoms with Gasteiger partial charge < -0.3 is 9.42 Å². The summed E-state index contributed by atoms with van der Waals surface area (Å²) in [5.74, 6) is -0.632. The van der Waals surface area contributed by atoms with Crippen LogP contribution in [0.1, 0.15) is 48.0 Å². The monoisotopic (exact) mass is 507 g/mol. The molecule has 3 aliphatic rings. The van der Waals surface area contributed by atoms with Crippen molar-refractivity contribution in [3.05, 3.63) is 86.2 Å². The Morgan fingerprint density at radius 3 is 2.64 bits per heavy atom. The Labute approximate surface area is 211 Å². The van der Waals surface area contributed by atoms with Gasteiger partial charge in [0.2, 0.25) is 17.6 Å². The number of anilines is 1. The van der Waals surface area contributed by atoms with Crippen molar-refractivity contribution in [2.75, 3.05) is 18.0 Å². The van der Waals surface area contributed by atoms with Crippen LogP contribution in [0, 0.1) is 17.0 Å². The lowest BCUT2D eigenvalue weighted by Crippen LogP contribution is -2.48. The van der Waals surface area contributed by atoms with E-state index in [1.165, 1.54) is 11.9 Å². The van der Waals surface area contributed by atoms with Crippen molar-refractivity contribution in [1.82, 2.24) is 15.2 Å². The van der Waals surface area contributed by atoms with E-state index in [9.17, 15) is 19.7 Å². The molecule has 2 fully saturated rings. The van der Waals surface area contributed by atoms with Gasteiger partial charge in [-0.15, -0.1) is 0 Å². The van der Waals surface area contributed by atoms with Gasteiger partial charge in [0.15, 0.2) is 5.69 Å². The number of hydrogen-bond acceptors (Lipinski definition) is 7. The predicted octanol–water partition coefficient (Wildman–Crippen LogP) is 4.09. The van der Waals surface area contributed by atoms with Gasteiger partial charge in [-0.1, -0.05) is 47.1 Å². The SMILES string of the molecule is CCN1C(=O)C2(c3cc(Cl)ccc31)C(c1ccccc1)N1CCC(=O)N1C2c1onc(C)c1[N+](=O)[O-]. The van der Waals surface area contributed by atoms with E-state index < -0.39 is 22.4 Å². The highest BCUT2D eigenvalue weighted by molar-refractivity contribution is 6.31. The molecule has 184 valence electrons. The molecule has 0 radical (unpaired) electrons. The number of halogens is 1. The second kappa shape index (κ2) is 7.87. The third kappa shape index (κ3) is 2.73. The van der Waals surface area contributed by atoms with E-state index in [2.05, 4.69) is 5.16 Å². The van der Waals surface area contributed by atoms with Gasteiger partial charge in [-0.25, -0.2) is 5.01 Å². The minimum absolute atomic E-state index is 0.0793. The molecule has 3 aromatic rings. The van der Waals surface area contributed by atoms with Crippen LogP contribution >= 0.6 is 11.6 Å². The van der Waals surface area contributed by atoms with E-state index in [-0.39, 0.29) is 35.4 Å². The molecule has 1 aromatic heterocycles. The van der Waals surface area contributed by atoms with E-state index in [1.54, 1.807) is 23.1 Å². The van der Waals surface area contributed by atoms with Gasteiger partial charge in [0.1, 0.15) is 11.5 Å². The Bertz CT molecular complexity index is 1430. The minimum atomic E-state index is -1.45. The molecule has 1 spiro atoms. The largest absolute Gasteiger partial charge is 0.351 e. The van der Waals surface area contributed by atoms with Crippen molar-refractivity contribution in [3.8, 4) is 0 Å². The molecule has 2 aromatic carbocycles. The van der Waals surface area contributed by atoms with Gasteiger partial charge in [0, 0.05) is 30.2 Å². The molecular weight excluding hydrogens is 486 g/mol. The average Bonchev–Trinajstić information content (AvgIpc) is 3.56. The summed E-state index contributed by atoms with van der Waals surface area (Å²) in [6, 6.07) is 12.9. The van der Waals surface area contributed by atoms with Gasteiger partial charge >= 0.3 is 5.69 Å². The van der Waals surface area contributed by atoms with Gasteiger partial charge in [-0.2, -0.15) is 0 Å². The molecule has 2 saturated heterocycles. The zero-order chi connectivity index (χ0) is 25.4. The number of aryl methyl sites for hydroxylation is 1. The van der Waals surface area contributed by atoms with Crippen molar-refractivity contribution in [3.63, 3.8) is 0 Å². The Hall–Kier alpha value is -3.76. The van der Waals surface area contributed by atoms with E-state index >= 15 is 0 Å². The molecule has 3 unspecified atom stereocenters. The highest BCUT2D eigenvalue weighted by Crippen LogP contribution is 2.65. The van der Waals surface area contributed by atoms with Crippen molar-refractivity contribution >= 4 is 34.8 Å². The number of carbonyl (C=O) groups is 2. The van der Waals surface area contributed by atoms with Crippen molar-refractivity contribution in [2.45, 2.75) is 37.8 Å². The van der Waals surface area contributed by atoms with E-state index in [0.717, 1.165) is 5.56 Å². The quantitative estimate of drug-likeness (QED) is 0.386. The fraction of sp³-hybridized carbons (Fsp3) is 0.320. The first-order chi connectivity index (χ1) is 17.3. The molecule has 0 N–H and O–H groups in total. The number of aromatic nitrogens is 1. The summed E-state index contributed by atoms with van der Waals surface area (Å²) in [6.07, 6.45) is 0.213. The van der Waals surface area contributed by atoms with Crippen molar-refractivity contribution in [1.29, 1.82) is 0 Å². The molecule has 3 aliphatic heterocycles. The topological polar surface area (TPSA) is 113 Å². The number of benzene rings is 2. The van der Waals surface area contributed by atoms with Crippen LogP contribution in [0.4, 0.5) is 11.4 Å².